The molecular formula is C21H29N7O2. The highest BCUT2D eigenvalue weighted by atomic mass is 16.2. The number of hydrogen-bond donors (Lipinski definition) is 2. The van der Waals surface area contributed by atoms with Crippen LogP contribution in [0.5, 0.6) is 0 Å². The molecule has 0 aliphatic rings. The fourth-order valence-corrected chi connectivity index (χ4v) is 3.63. The third-order valence-corrected chi connectivity index (χ3v) is 4.80. The minimum atomic E-state index is -0.505. The van der Waals surface area contributed by atoms with Gasteiger partial charge in [0.05, 0.1) is 16.7 Å². The second kappa shape index (κ2) is 8.66. The van der Waals surface area contributed by atoms with Gasteiger partial charge in [-0.3, -0.25) is 19.6 Å². The quantitative estimate of drug-likeness (QED) is 0.591. The Bertz CT molecular complexity index is 1090. The molecule has 0 radical (unpaired) electrons. The van der Waals surface area contributed by atoms with Gasteiger partial charge in [0.15, 0.2) is 0 Å². The third kappa shape index (κ3) is 4.20. The van der Waals surface area contributed by atoms with Crippen LogP contribution in [0.1, 0.15) is 52.4 Å². The lowest BCUT2D eigenvalue weighted by Gasteiger charge is -2.15. The third-order valence-electron chi connectivity index (χ3n) is 4.80. The minimum Gasteiger partial charge on any atom is -0.366 e. The Hall–Kier alpha value is -3.20. The summed E-state index contributed by atoms with van der Waals surface area (Å²) >= 11 is 0. The molecule has 0 aliphatic carbocycles. The Morgan fingerprint density at radius 2 is 1.93 bits per heavy atom. The van der Waals surface area contributed by atoms with Crippen LogP contribution in [0.15, 0.2) is 18.2 Å². The van der Waals surface area contributed by atoms with E-state index in [1.54, 1.807) is 22.9 Å². The van der Waals surface area contributed by atoms with E-state index in [0.29, 0.717) is 42.4 Å². The van der Waals surface area contributed by atoms with E-state index < -0.39 is 5.91 Å². The van der Waals surface area contributed by atoms with Crippen LogP contribution >= 0.6 is 0 Å². The van der Waals surface area contributed by atoms with E-state index in [1.165, 1.54) is 0 Å². The summed E-state index contributed by atoms with van der Waals surface area (Å²) in [5.74, 6) is -0.329. The number of aromatic nitrogens is 4. The van der Waals surface area contributed by atoms with Crippen molar-refractivity contribution in [3.8, 4) is 0 Å². The van der Waals surface area contributed by atoms with Gasteiger partial charge in [-0.15, -0.1) is 0 Å². The molecule has 0 unspecified atom stereocenters. The van der Waals surface area contributed by atoms with Crippen LogP contribution < -0.4 is 11.1 Å². The van der Waals surface area contributed by atoms with E-state index in [2.05, 4.69) is 22.3 Å². The van der Waals surface area contributed by atoms with E-state index >= 15 is 0 Å². The average Bonchev–Trinajstić information content (AvgIpc) is 3.22. The number of imidazole rings is 1. The number of primary amides is 1. The smallest absolute Gasteiger partial charge is 0.276 e. The Balaban J connectivity index is 2.13. The lowest BCUT2D eigenvalue weighted by atomic mass is 10.1. The number of anilines is 1. The molecule has 9 heteroatoms. The zero-order valence-electron chi connectivity index (χ0n) is 18.2. The molecule has 0 spiro atoms. The number of benzene rings is 1. The first-order chi connectivity index (χ1) is 14.2. The number of nitrogens with one attached hydrogen (secondary N) is 1. The monoisotopic (exact) mass is 411 g/mol. The van der Waals surface area contributed by atoms with Gasteiger partial charge in [0.25, 0.3) is 5.91 Å². The standard InChI is InChI=1S/C21H29N7O2/c1-6-8-27-18-15(12-26(4)5)10-14(19(22)29)11-16(18)23-21(27)24-20(30)17-9-13(3)25-28(17)7-2/h9-11H,6-8,12H2,1-5H3,(H2,22,29)(H,23,24,30). The van der Waals surface area contributed by atoms with Gasteiger partial charge in [0.2, 0.25) is 11.9 Å². The molecule has 1 aromatic carbocycles. The molecular weight excluding hydrogens is 382 g/mol. The summed E-state index contributed by atoms with van der Waals surface area (Å²) in [6, 6.07) is 5.24. The highest BCUT2D eigenvalue weighted by Gasteiger charge is 2.21. The molecule has 0 fully saturated rings. The van der Waals surface area contributed by atoms with Crippen molar-refractivity contribution in [2.45, 2.75) is 46.8 Å². The lowest BCUT2D eigenvalue weighted by Crippen LogP contribution is -2.20. The topological polar surface area (TPSA) is 111 Å². The van der Waals surface area contributed by atoms with Gasteiger partial charge in [-0.1, -0.05) is 6.92 Å². The molecule has 3 aromatic rings. The van der Waals surface area contributed by atoms with Crippen LogP contribution in [0, 0.1) is 6.92 Å². The van der Waals surface area contributed by atoms with Gasteiger partial charge >= 0.3 is 0 Å². The second-order valence-corrected chi connectivity index (χ2v) is 7.63. The second-order valence-electron chi connectivity index (χ2n) is 7.63. The first-order valence-electron chi connectivity index (χ1n) is 10.1. The summed E-state index contributed by atoms with van der Waals surface area (Å²) < 4.78 is 3.66. The SMILES string of the molecule is CCCn1c(NC(=O)c2cc(C)nn2CC)nc2cc(C(N)=O)cc(CN(C)C)c21. The highest BCUT2D eigenvalue weighted by molar-refractivity contribution is 6.03. The number of hydrogen-bond acceptors (Lipinski definition) is 5. The summed E-state index contributed by atoms with van der Waals surface area (Å²) in [5, 5.41) is 7.28. The Kier molecular flexibility index (Phi) is 6.21. The number of nitrogens with zero attached hydrogens (tertiary/aromatic N) is 5. The molecule has 2 amide bonds. The highest BCUT2D eigenvalue weighted by Crippen LogP contribution is 2.27. The zero-order chi connectivity index (χ0) is 22.0. The van der Waals surface area contributed by atoms with Crippen molar-refractivity contribution in [2.75, 3.05) is 19.4 Å². The number of nitrogens with two attached hydrogens (primary N) is 1. The van der Waals surface area contributed by atoms with Crippen molar-refractivity contribution in [3.63, 3.8) is 0 Å². The first kappa shape index (κ1) is 21.5. The average molecular weight is 412 g/mol. The summed E-state index contributed by atoms with van der Waals surface area (Å²) in [6.07, 6.45) is 0.860. The summed E-state index contributed by atoms with van der Waals surface area (Å²) in [7, 11) is 3.92. The van der Waals surface area contributed by atoms with Crippen LogP contribution in [0.25, 0.3) is 11.0 Å². The summed E-state index contributed by atoms with van der Waals surface area (Å²) in [6.45, 7) is 7.74. The Morgan fingerprint density at radius 1 is 1.20 bits per heavy atom. The van der Waals surface area contributed by atoms with Crippen LogP contribution in [0.3, 0.4) is 0 Å². The van der Waals surface area contributed by atoms with Gasteiger partial charge in [0.1, 0.15) is 5.69 Å². The molecule has 0 bridgehead atoms. The van der Waals surface area contributed by atoms with E-state index in [0.717, 1.165) is 23.2 Å². The van der Waals surface area contributed by atoms with Crippen molar-refractivity contribution >= 4 is 28.8 Å². The maximum Gasteiger partial charge on any atom is 0.276 e. The lowest BCUT2D eigenvalue weighted by molar-refractivity contribution is 0.0995. The Labute approximate surface area is 175 Å². The number of carbonyl (C=O) groups excluding carboxylic acids is 2. The molecule has 2 heterocycles. The number of fused-ring (bicyclic) bond motifs is 1. The van der Waals surface area contributed by atoms with Crippen molar-refractivity contribution in [1.82, 2.24) is 24.2 Å². The van der Waals surface area contributed by atoms with Gasteiger partial charge in [-0.25, -0.2) is 4.98 Å². The molecule has 160 valence electrons. The molecule has 3 N–H and O–H groups in total. The summed E-state index contributed by atoms with van der Waals surface area (Å²) in [4.78, 5) is 31.5. The molecule has 0 saturated carbocycles. The minimum absolute atomic E-state index is 0.269. The zero-order valence-corrected chi connectivity index (χ0v) is 18.2. The summed E-state index contributed by atoms with van der Waals surface area (Å²) in [5.41, 5.74) is 9.66. The van der Waals surface area contributed by atoms with Crippen molar-refractivity contribution < 1.29 is 9.59 Å². The van der Waals surface area contributed by atoms with E-state index in [1.807, 2.05) is 37.4 Å². The molecule has 9 nitrogen and oxygen atoms in total. The predicted octanol–water partition coefficient (Wildman–Crippen LogP) is 2.38. The first-order valence-corrected chi connectivity index (χ1v) is 10.1. The van der Waals surface area contributed by atoms with E-state index in [9.17, 15) is 9.59 Å². The van der Waals surface area contributed by atoms with E-state index in [4.69, 9.17) is 5.73 Å². The van der Waals surface area contributed by atoms with Crippen LogP contribution in [-0.4, -0.2) is 50.1 Å². The van der Waals surface area contributed by atoms with Crippen molar-refractivity contribution in [1.29, 1.82) is 0 Å². The van der Waals surface area contributed by atoms with E-state index in [-0.39, 0.29) is 5.91 Å². The van der Waals surface area contributed by atoms with Crippen LogP contribution in [0.4, 0.5) is 5.95 Å². The molecule has 2 aromatic heterocycles. The molecule has 30 heavy (non-hydrogen) atoms. The number of carbonyl (C=O) groups is 2. The maximum absolute atomic E-state index is 13.0. The van der Waals surface area contributed by atoms with Crippen molar-refractivity contribution in [2.24, 2.45) is 5.73 Å². The Morgan fingerprint density at radius 3 is 2.53 bits per heavy atom. The van der Waals surface area contributed by atoms with Gasteiger partial charge in [-0.05, 0) is 58.1 Å². The van der Waals surface area contributed by atoms with Gasteiger partial charge < -0.3 is 15.2 Å². The largest absolute Gasteiger partial charge is 0.366 e. The molecule has 3 rings (SSSR count). The number of aryl methyl sites for hydroxylation is 3. The van der Waals surface area contributed by atoms with Crippen LogP contribution in [0.2, 0.25) is 0 Å². The maximum atomic E-state index is 13.0. The normalized spacial score (nSPS) is 11.4. The number of rotatable bonds is 8. The molecule has 0 aliphatic heterocycles. The van der Waals surface area contributed by atoms with Crippen LogP contribution in [-0.2, 0) is 19.6 Å². The predicted molar refractivity (Wildman–Crippen MR) is 117 cm³/mol. The number of amides is 2. The fraction of sp³-hybridized carbons (Fsp3) is 0.429. The molecule has 0 atom stereocenters. The molecule has 0 saturated heterocycles. The van der Waals surface area contributed by atoms with Gasteiger partial charge in [0, 0.05) is 25.2 Å². The fourth-order valence-electron chi connectivity index (χ4n) is 3.63. The van der Waals surface area contributed by atoms with Gasteiger partial charge in [-0.2, -0.15) is 5.10 Å². The van der Waals surface area contributed by atoms with Crippen molar-refractivity contribution in [3.05, 3.63) is 40.7 Å².